The van der Waals surface area contributed by atoms with Crippen molar-refractivity contribution in [1.82, 2.24) is 4.98 Å². The number of aromatic amines is 1. The van der Waals surface area contributed by atoms with Crippen LogP contribution in [0.15, 0.2) is 48.5 Å². The number of H-pyrrole nitrogens is 1. The number of rotatable bonds is 3. The van der Waals surface area contributed by atoms with Crippen molar-refractivity contribution in [2.75, 3.05) is 0 Å². The summed E-state index contributed by atoms with van der Waals surface area (Å²) >= 11 is 5.95. The lowest BCUT2D eigenvalue weighted by molar-refractivity contribution is 0.112. The highest BCUT2D eigenvalue weighted by atomic mass is 35.5. The molecule has 3 rings (SSSR count). The molecule has 0 atom stereocenters. The van der Waals surface area contributed by atoms with E-state index in [4.69, 9.17) is 16.3 Å². The van der Waals surface area contributed by atoms with Crippen molar-refractivity contribution in [3.05, 3.63) is 59.2 Å². The van der Waals surface area contributed by atoms with Crippen molar-refractivity contribution >= 4 is 28.8 Å². The maximum absolute atomic E-state index is 11.0. The molecule has 0 amide bonds. The van der Waals surface area contributed by atoms with Crippen LogP contribution in [0, 0.1) is 0 Å². The van der Waals surface area contributed by atoms with Crippen LogP contribution in [0.25, 0.3) is 10.9 Å². The number of hydrogen-bond donors (Lipinski definition) is 1. The van der Waals surface area contributed by atoms with Crippen LogP contribution in [-0.2, 0) is 0 Å². The molecule has 94 valence electrons. The van der Waals surface area contributed by atoms with Gasteiger partial charge in [0.2, 0.25) is 0 Å². The van der Waals surface area contributed by atoms with Crippen LogP contribution >= 0.6 is 11.6 Å². The largest absolute Gasteiger partial charge is 0.457 e. The minimum absolute atomic E-state index is 0.349. The standard InChI is InChI=1S/C15H10ClNO2/c16-15-13(9-18)12-8-11(6-7-14(12)17-15)19-10-4-2-1-3-5-10/h1-9,17H. The van der Waals surface area contributed by atoms with Crippen molar-refractivity contribution in [1.29, 1.82) is 0 Å². The number of ether oxygens (including phenoxy) is 1. The maximum atomic E-state index is 11.0. The van der Waals surface area contributed by atoms with Crippen LogP contribution in [0.4, 0.5) is 0 Å². The van der Waals surface area contributed by atoms with E-state index in [9.17, 15) is 4.79 Å². The summed E-state index contributed by atoms with van der Waals surface area (Å²) < 4.78 is 5.72. The number of aromatic nitrogens is 1. The number of nitrogens with one attached hydrogen (secondary N) is 1. The van der Waals surface area contributed by atoms with Gasteiger partial charge in [-0.15, -0.1) is 0 Å². The molecule has 3 aromatic rings. The summed E-state index contributed by atoms with van der Waals surface area (Å²) in [6, 6.07) is 14.9. The first-order chi connectivity index (χ1) is 9.28. The molecule has 0 aliphatic carbocycles. The Balaban J connectivity index is 2.04. The Hall–Kier alpha value is -2.26. The highest BCUT2D eigenvalue weighted by Crippen LogP contribution is 2.30. The molecule has 0 aliphatic heterocycles. The quantitative estimate of drug-likeness (QED) is 0.716. The summed E-state index contributed by atoms with van der Waals surface area (Å²) in [6.45, 7) is 0. The number of para-hydroxylation sites is 1. The van der Waals surface area contributed by atoms with Crippen LogP contribution in [0.2, 0.25) is 5.15 Å². The molecule has 0 fully saturated rings. The summed E-state index contributed by atoms with van der Waals surface area (Å²) in [5.74, 6) is 1.41. The van der Waals surface area contributed by atoms with Crippen LogP contribution in [-0.4, -0.2) is 11.3 Å². The number of carbonyl (C=O) groups is 1. The summed E-state index contributed by atoms with van der Waals surface area (Å²) in [5.41, 5.74) is 1.27. The van der Waals surface area contributed by atoms with Gasteiger partial charge in [0.1, 0.15) is 16.7 Å². The van der Waals surface area contributed by atoms with E-state index < -0.39 is 0 Å². The van der Waals surface area contributed by atoms with Gasteiger partial charge in [-0.05, 0) is 30.3 Å². The lowest BCUT2D eigenvalue weighted by Gasteiger charge is -2.05. The molecule has 0 unspecified atom stereocenters. The highest BCUT2D eigenvalue weighted by molar-refractivity contribution is 6.34. The monoisotopic (exact) mass is 271 g/mol. The van der Waals surface area contributed by atoms with Gasteiger partial charge in [-0.1, -0.05) is 29.8 Å². The molecule has 1 aromatic heterocycles. The summed E-state index contributed by atoms with van der Waals surface area (Å²) in [6.07, 6.45) is 0.744. The van der Waals surface area contributed by atoms with Gasteiger partial charge < -0.3 is 9.72 Å². The molecule has 0 spiro atoms. The fourth-order valence-electron chi connectivity index (χ4n) is 1.96. The van der Waals surface area contributed by atoms with Gasteiger partial charge in [-0.2, -0.15) is 0 Å². The molecular formula is C15H10ClNO2. The number of aldehydes is 1. The lowest BCUT2D eigenvalue weighted by Crippen LogP contribution is -1.84. The summed E-state index contributed by atoms with van der Waals surface area (Å²) in [4.78, 5) is 14.0. The maximum Gasteiger partial charge on any atom is 0.153 e. The van der Waals surface area contributed by atoms with Gasteiger partial charge in [0.05, 0.1) is 5.56 Å². The highest BCUT2D eigenvalue weighted by Gasteiger charge is 2.10. The number of hydrogen-bond acceptors (Lipinski definition) is 2. The zero-order chi connectivity index (χ0) is 13.2. The normalized spacial score (nSPS) is 10.6. The van der Waals surface area contributed by atoms with Crippen LogP contribution < -0.4 is 4.74 Å². The third kappa shape index (κ3) is 2.20. The second kappa shape index (κ2) is 4.78. The van der Waals surface area contributed by atoms with E-state index in [0.717, 1.165) is 22.9 Å². The van der Waals surface area contributed by atoms with Gasteiger partial charge in [-0.3, -0.25) is 4.79 Å². The van der Waals surface area contributed by atoms with Gasteiger partial charge in [-0.25, -0.2) is 0 Å². The summed E-state index contributed by atoms with van der Waals surface area (Å²) in [7, 11) is 0. The molecule has 19 heavy (non-hydrogen) atoms. The first-order valence-corrected chi connectivity index (χ1v) is 6.15. The molecule has 3 nitrogen and oxygen atoms in total. The molecule has 4 heteroatoms. The number of fused-ring (bicyclic) bond motifs is 1. The molecule has 0 saturated heterocycles. The van der Waals surface area contributed by atoms with Gasteiger partial charge in [0.15, 0.2) is 6.29 Å². The summed E-state index contributed by atoms with van der Waals surface area (Å²) in [5, 5.41) is 1.11. The van der Waals surface area contributed by atoms with Crippen molar-refractivity contribution < 1.29 is 9.53 Å². The van der Waals surface area contributed by atoms with E-state index >= 15 is 0 Å². The van der Waals surface area contributed by atoms with Crippen molar-refractivity contribution in [2.24, 2.45) is 0 Å². The number of benzene rings is 2. The average molecular weight is 272 g/mol. The Bertz CT molecular complexity index is 734. The fraction of sp³-hybridized carbons (Fsp3) is 0. The average Bonchev–Trinajstić information content (AvgIpc) is 2.74. The predicted octanol–water partition coefficient (Wildman–Crippen LogP) is 4.43. The SMILES string of the molecule is O=Cc1c(Cl)[nH]c2ccc(Oc3ccccc3)cc12. The molecular weight excluding hydrogens is 262 g/mol. The number of halogens is 1. The van der Waals surface area contributed by atoms with Crippen LogP contribution in [0.3, 0.4) is 0 Å². The topological polar surface area (TPSA) is 42.1 Å². The van der Waals surface area contributed by atoms with Crippen molar-refractivity contribution in [3.8, 4) is 11.5 Å². The Labute approximate surface area is 114 Å². The van der Waals surface area contributed by atoms with Crippen LogP contribution in [0.5, 0.6) is 11.5 Å². The van der Waals surface area contributed by atoms with E-state index in [-0.39, 0.29) is 0 Å². The van der Waals surface area contributed by atoms with Crippen molar-refractivity contribution in [3.63, 3.8) is 0 Å². The molecule has 2 aromatic carbocycles. The fourth-order valence-corrected chi connectivity index (χ4v) is 2.21. The molecule has 0 bridgehead atoms. The zero-order valence-corrected chi connectivity index (χ0v) is 10.6. The van der Waals surface area contributed by atoms with Gasteiger partial charge in [0.25, 0.3) is 0 Å². The predicted molar refractivity (Wildman–Crippen MR) is 75.2 cm³/mol. The Morgan fingerprint density at radius 3 is 2.58 bits per heavy atom. The Morgan fingerprint density at radius 1 is 1.05 bits per heavy atom. The van der Waals surface area contributed by atoms with E-state index in [1.165, 1.54) is 0 Å². The molecule has 1 N–H and O–H groups in total. The minimum Gasteiger partial charge on any atom is -0.457 e. The van der Waals surface area contributed by atoms with E-state index in [0.29, 0.717) is 16.5 Å². The Kier molecular flexibility index (Phi) is 2.97. The minimum atomic E-state index is 0.349. The van der Waals surface area contributed by atoms with Gasteiger partial charge >= 0.3 is 0 Å². The Morgan fingerprint density at radius 2 is 1.84 bits per heavy atom. The zero-order valence-electron chi connectivity index (χ0n) is 9.89. The lowest BCUT2D eigenvalue weighted by atomic mass is 10.2. The van der Waals surface area contributed by atoms with E-state index in [1.54, 1.807) is 6.07 Å². The first kappa shape index (κ1) is 11.8. The second-order valence-corrected chi connectivity index (χ2v) is 4.47. The van der Waals surface area contributed by atoms with Crippen molar-refractivity contribution in [2.45, 2.75) is 0 Å². The smallest absolute Gasteiger partial charge is 0.153 e. The molecule has 0 saturated carbocycles. The van der Waals surface area contributed by atoms with E-state index in [1.807, 2.05) is 42.5 Å². The second-order valence-electron chi connectivity index (χ2n) is 4.09. The van der Waals surface area contributed by atoms with Gasteiger partial charge in [0, 0.05) is 10.9 Å². The first-order valence-electron chi connectivity index (χ1n) is 5.77. The molecule has 0 aliphatic rings. The number of carbonyl (C=O) groups excluding carboxylic acids is 1. The molecule has 1 heterocycles. The molecule has 0 radical (unpaired) electrons. The van der Waals surface area contributed by atoms with E-state index in [2.05, 4.69) is 4.98 Å². The van der Waals surface area contributed by atoms with Crippen LogP contribution in [0.1, 0.15) is 10.4 Å². The third-order valence-electron chi connectivity index (χ3n) is 2.86. The third-order valence-corrected chi connectivity index (χ3v) is 3.16.